The zero-order chi connectivity index (χ0) is 16.1. The summed E-state index contributed by atoms with van der Waals surface area (Å²) in [4.78, 5) is 4.03. The molecular formula is C16H13FN4OS. The molecule has 0 unspecified atom stereocenters. The molecule has 0 atom stereocenters. The summed E-state index contributed by atoms with van der Waals surface area (Å²) in [7, 11) is 0. The van der Waals surface area contributed by atoms with Gasteiger partial charge in [0.2, 0.25) is 5.13 Å². The van der Waals surface area contributed by atoms with Gasteiger partial charge in [-0.25, -0.2) is 9.37 Å². The fourth-order valence-electron chi connectivity index (χ4n) is 1.76. The van der Waals surface area contributed by atoms with Crippen LogP contribution in [0.25, 0.3) is 0 Å². The Bertz CT molecular complexity index is 800. The standard InChI is InChI=1S/C16H13FN4OS/c17-12-3-7-14(8-4-12)22-13-5-1-11(2-6-13)9-19-21-16-20-15(18)10-23-16/h1-10H,18H2,(H,20,21). The number of nitrogens with two attached hydrogens (primary N) is 1. The van der Waals surface area contributed by atoms with Crippen LogP contribution < -0.4 is 15.9 Å². The van der Waals surface area contributed by atoms with E-state index in [0.717, 1.165) is 5.56 Å². The largest absolute Gasteiger partial charge is 0.457 e. The van der Waals surface area contributed by atoms with Crippen molar-refractivity contribution in [3.8, 4) is 11.5 Å². The van der Waals surface area contributed by atoms with Crippen molar-refractivity contribution in [3.05, 3.63) is 65.3 Å². The molecule has 0 bridgehead atoms. The zero-order valence-corrected chi connectivity index (χ0v) is 12.8. The second-order valence-corrected chi connectivity index (χ2v) is 5.43. The van der Waals surface area contributed by atoms with E-state index in [4.69, 9.17) is 10.5 Å². The first-order valence-electron chi connectivity index (χ1n) is 6.72. The van der Waals surface area contributed by atoms with E-state index in [-0.39, 0.29) is 5.82 Å². The molecule has 0 radical (unpaired) electrons. The number of hydrogen-bond donors (Lipinski definition) is 2. The highest BCUT2D eigenvalue weighted by Gasteiger charge is 1.98. The van der Waals surface area contributed by atoms with Crippen LogP contribution in [0.2, 0.25) is 0 Å². The van der Waals surface area contributed by atoms with Crippen LogP contribution in [0.15, 0.2) is 59.0 Å². The van der Waals surface area contributed by atoms with Crippen LogP contribution in [-0.4, -0.2) is 11.2 Å². The molecule has 3 rings (SSSR count). The molecule has 0 saturated carbocycles. The molecule has 7 heteroatoms. The third-order valence-electron chi connectivity index (χ3n) is 2.83. The Balaban J connectivity index is 1.59. The second kappa shape index (κ2) is 6.89. The minimum atomic E-state index is -0.293. The third-order valence-corrected chi connectivity index (χ3v) is 3.59. The van der Waals surface area contributed by atoms with Crippen molar-refractivity contribution in [3.63, 3.8) is 0 Å². The summed E-state index contributed by atoms with van der Waals surface area (Å²) in [5.74, 6) is 1.42. The highest BCUT2D eigenvalue weighted by Crippen LogP contribution is 2.21. The lowest BCUT2D eigenvalue weighted by molar-refractivity contribution is 0.480. The van der Waals surface area contributed by atoms with Gasteiger partial charge in [0.15, 0.2) is 0 Å². The Labute approximate surface area is 136 Å². The van der Waals surface area contributed by atoms with Gasteiger partial charge >= 0.3 is 0 Å². The van der Waals surface area contributed by atoms with Crippen LogP contribution in [0.1, 0.15) is 5.56 Å². The minimum Gasteiger partial charge on any atom is -0.457 e. The lowest BCUT2D eigenvalue weighted by Gasteiger charge is -2.05. The Kier molecular flexibility index (Phi) is 4.49. The van der Waals surface area contributed by atoms with E-state index in [0.29, 0.717) is 22.4 Å². The summed E-state index contributed by atoms with van der Waals surface area (Å²) >= 11 is 1.38. The van der Waals surface area contributed by atoms with Gasteiger partial charge in [0, 0.05) is 5.38 Å². The second-order valence-electron chi connectivity index (χ2n) is 4.57. The molecule has 0 fully saturated rings. The van der Waals surface area contributed by atoms with Gasteiger partial charge < -0.3 is 10.5 Å². The van der Waals surface area contributed by atoms with Gasteiger partial charge in [-0.3, -0.25) is 5.43 Å². The number of nitrogens with one attached hydrogen (secondary N) is 1. The van der Waals surface area contributed by atoms with Gasteiger partial charge in [0.1, 0.15) is 23.1 Å². The zero-order valence-electron chi connectivity index (χ0n) is 11.9. The SMILES string of the molecule is Nc1csc(NN=Cc2ccc(Oc3ccc(F)cc3)cc2)n1. The van der Waals surface area contributed by atoms with Gasteiger partial charge in [-0.05, 0) is 54.1 Å². The van der Waals surface area contributed by atoms with E-state index < -0.39 is 0 Å². The number of rotatable bonds is 5. The van der Waals surface area contributed by atoms with Crippen LogP contribution in [0.5, 0.6) is 11.5 Å². The number of halogens is 1. The normalized spacial score (nSPS) is 10.8. The van der Waals surface area contributed by atoms with Crippen molar-refractivity contribution < 1.29 is 9.13 Å². The Morgan fingerprint density at radius 3 is 2.35 bits per heavy atom. The van der Waals surface area contributed by atoms with Crippen LogP contribution in [0.3, 0.4) is 0 Å². The van der Waals surface area contributed by atoms with Crippen molar-refractivity contribution in [2.45, 2.75) is 0 Å². The maximum atomic E-state index is 12.8. The number of ether oxygens (including phenoxy) is 1. The van der Waals surface area contributed by atoms with Gasteiger partial charge in [0.25, 0.3) is 0 Å². The number of hydrazone groups is 1. The predicted molar refractivity (Wildman–Crippen MR) is 90.7 cm³/mol. The molecule has 0 aliphatic carbocycles. The van der Waals surface area contributed by atoms with Gasteiger partial charge in [-0.1, -0.05) is 0 Å². The number of benzene rings is 2. The van der Waals surface area contributed by atoms with Gasteiger partial charge in [-0.2, -0.15) is 5.10 Å². The quantitative estimate of drug-likeness (QED) is 0.546. The molecule has 3 N–H and O–H groups in total. The molecule has 0 aliphatic rings. The number of anilines is 2. The molecule has 0 aliphatic heterocycles. The first kappa shape index (κ1) is 15.0. The molecule has 1 heterocycles. The molecule has 2 aromatic carbocycles. The van der Waals surface area contributed by atoms with E-state index in [1.54, 1.807) is 23.7 Å². The molecule has 1 aromatic heterocycles. The van der Waals surface area contributed by atoms with E-state index in [1.807, 2.05) is 24.3 Å². The van der Waals surface area contributed by atoms with Crippen LogP contribution in [0.4, 0.5) is 15.3 Å². The summed E-state index contributed by atoms with van der Waals surface area (Å²) in [6.45, 7) is 0. The monoisotopic (exact) mass is 328 g/mol. The first-order valence-corrected chi connectivity index (χ1v) is 7.60. The number of hydrogen-bond acceptors (Lipinski definition) is 6. The van der Waals surface area contributed by atoms with Crippen LogP contribution in [0, 0.1) is 5.82 Å². The Hall–Kier alpha value is -2.93. The lowest BCUT2D eigenvalue weighted by atomic mass is 10.2. The molecule has 0 saturated heterocycles. The Morgan fingerprint density at radius 1 is 1.09 bits per heavy atom. The Morgan fingerprint density at radius 2 is 1.74 bits per heavy atom. The molecule has 116 valence electrons. The third kappa shape index (κ3) is 4.27. The average molecular weight is 328 g/mol. The van der Waals surface area contributed by atoms with E-state index in [1.165, 1.54) is 23.5 Å². The molecule has 0 spiro atoms. The summed E-state index contributed by atoms with van der Waals surface area (Å²) in [6, 6.07) is 13.2. The summed E-state index contributed by atoms with van der Waals surface area (Å²) in [6.07, 6.45) is 1.67. The van der Waals surface area contributed by atoms with E-state index in [2.05, 4.69) is 15.5 Å². The summed E-state index contributed by atoms with van der Waals surface area (Å²) < 4.78 is 18.4. The van der Waals surface area contributed by atoms with Crippen molar-refractivity contribution in [1.82, 2.24) is 4.98 Å². The van der Waals surface area contributed by atoms with Crippen molar-refractivity contribution in [2.24, 2.45) is 5.10 Å². The topological polar surface area (TPSA) is 72.5 Å². The summed E-state index contributed by atoms with van der Waals surface area (Å²) in [5, 5.41) is 6.45. The van der Waals surface area contributed by atoms with E-state index >= 15 is 0 Å². The fourth-order valence-corrected chi connectivity index (χ4v) is 2.31. The molecule has 3 aromatic rings. The van der Waals surface area contributed by atoms with Crippen molar-refractivity contribution in [2.75, 3.05) is 11.2 Å². The van der Waals surface area contributed by atoms with Crippen LogP contribution in [-0.2, 0) is 0 Å². The maximum absolute atomic E-state index is 12.8. The fraction of sp³-hybridized carbons (Fsp3) is 0. The smallest absolute Gasteiger partial charge is 0.205 e. The molecule has 0 amide bonds. The maximum Gasteiger partial charge on any atom is 0.205 e. The molecule has 5 nitrogen and oxygen atoms in total. The lowest BCUT2D eigenvalue weighted by Crippen LogP contribution is -1.91. The number of nitrogen functional groups attached to an aromatic ring is 1. The minimum absolute atomic E-state index is 0.293. The number of aromatic nitrogens is 1. The van der Waals surface area contributed by atoms with Gasteiger partial charge in [0.05, 0.1) is 6.21 Å². The molecule has 23 heavy (non-hydrogen) atoms. The number of nitrogens with zero attached hydrogens (tertiary/aromatic N) is 2. The number of thiazole rings is 1. The highest BCUT2D eigenvalue weighted by atomic mass is 32.1. The molecular weight excluding hydrogens is 315 g/mol. The van der Waals surface area contributed by atoms with Gasteiger partial charge in [-0.15, -0.1) is 11.3 Å². The average Bonchev–Trinajstić information content (AvgIpc) is 2.97. The van der Waals surface area contributed by atoms with Crippen LogP contribution >= 0.6 is 11.3 Å². The van der Waals surface area contributed by atoms with E-state index in [9.17, 15) is 4.39 Å². The highest BCUT2D eigenvalue weighted by molar-refractivity contribution is 7.14. The first-order chi connectivity index (χ1) is 11.2. The predicted octanol–water partition coefficient (Wildman–Crippen LogP) is 4.10. The summed E-state index contributed by atoms with van der Waals surface area (Å²) in [5.41, 5.74) is 9.22. The van der Waals surface area contributed by atoms with Crippen molar-refractivity contribution >= 4 is 28.5 Å². The van der Waals surface area contributed by atoms with Crippen molar-refractivity contribution in [1.29, 1.82) is 0 Å².